The summed E-state index contributed by atoms with van der Waals surface area (Å²) in [6, 6.07) is 7.51. The molecule has 0 bridgehead atoms. The number of carbonyl (C=O) groups is 2. The standard InChI is InChI=1S/C7H4ClNO3.C7H4FNO3/c2*8-7-5(4-10)2-1-3-6(7)9(11)12/h2*1-4H. The number of carbonyl (C=O) groups excluding carboxylic acids is 2. The first-order valence-electron chi connectivity index (χ1n) is 6.09. The number of hydrogen-bond acceptors (Lipinski definition) is 6. The third kappa shape index (κ3) is 4.40. The zero-order valence-corrected chi connectivity index (χ0v) is 12.5. The Morgan fingerprint density at radius 3 is 1.79 bits per heavy atom. The Hall–Kier alpha value is -3.20. The maximum Gasteiger partial charge on any atom is 0.305 e. The van der Waals surface area contributed by atoms with Gasteiger partial charge in [0.05, 0.1) is 15.4 Å². The van der Waals surface area contributed by atoms with Crippen LogP contribution in [0, 0.1) is 26.0 Å². The van der Waals surface area contributed by atoms with Crippen LogP contribution in [-0.4, -0.2) is 22.4 Å². The van der Waals surface area contributed by atoms with E-state index >= 15 is 0 Å². The monoisotopic (exact) mass is 354 g/mol. The summed E-state index contributed by atoms with van der Waals surface area (Å²) in [5.74, 6) is -1.09. The highest BCUT2D eigenvalue weighted by molar-refractivity contribution is 6.35. The van der Waals surface area contributed by atoms with Crippen molar-refractivity contribution in [3.8, 4) is 0 Å². The fourth-order valence-electron chi connectivity index (χ4n) is 1.54. The van der Waals surface area contributed by atoms with Crippen molar-refractivity contribution in [1.29, 1.82) is 0 Å². The summed E-state index contributed by atoms with van der Waals surface area (Å²) in [5, 5.41) is 20.3. The lowest BCUT2D eigenvalue weighted by Crippen LogP contribution is -1.95. The van der Waals surface area contributed by atoms with Crippen molar-refractivity contribution in [1.82, 2.24) is 0 Å². The summed E-state index contributed by atoms with van der Waals surface area (Å²) in [4.78, 5) is 39.4. The maximum absolute atomic E-state index is 12.9. The molecule has 0 saturated heterocycles. The Bertz CT molecular complexity index is 744. The molecule has 0 atom stereocenters. The van der Waals surface area contributed by atoms with Crippen LogP contribution in [-0.2, 0) is 0 Å². The van der Waals surface area contributed by atoms with Crippen molar-refractivity contribution in [3.63, 3.8) is 0 Å². The molecule has 0 unspecified atom stereocenters. The van der Waals surface area contributed by atoms with E-state index in [-0.39, 0.29) is 28.1 Å². The van der Waals surface area contributed by atoms with Gasteiger partial charge < -0.3 is 0 Å². The maximum atomic E-state index is 12.9. The third-order valence-corrected chi connectivity index (χ3v) is 3.08. The van der Waals surface area contributed by atoms with Gasteiger partial charge in [0.25, 0.3) is 5.69 Å². The number of rotatable bonds is 4. The number of benzene rings is 2. The van der Waals surface area contributed by atoms with Gasteiger partial charge in [0.15, 0.2) is 12.6 Å². The molecule has 0 N–H and O–H groups in total. The minimum atomic E-state index is -1.09. The van der Waals surface area contributed by atoms with Crippen LogP contribution in [0.5, 0.6) is 0 Å². The molecule has 0 aliphatic carbocycles. The number of nitro benzene ring substituents is 2. The second-order valence-corrected chi connectivity index (χ2v) is 4.49. The quantitative estimate of drug-likeness (QED) is 0.469. The van der Waals surface area contributed by atoms with Gasteiger partial charge >= 0.3 is 5.69 Å². The molecule has 2 aromatic rings. The molecule has 0 amide bonds. The zero-order chi connectivity index (χ0) is 18.3. The van der Waals surface area contributed by atoms with Crippen molar-refractivity contribution < 1.29 is 23.8 Å². The van der Waals surface area contributed by atoms with Crippen molar-refractivity contribution in [2.75, 3.05) is 0 Å². The number of hydrogen-bond donors (Lipinski definition) is 0. The fraction of sp³-hybridized carbons (Fsp3) is 0. The summed E-state index contributed by atoms with van der Waals surface area (Å²) in [5.41, 5.74) is -1.10. The predicted molar refractivity (Wildman–Crippen MR) is 81.9 cm³/mol. The van der Waals surface area contributed by atoms with Gasteiger partial charge in [-0.3, -0.25) is 29.8 Å². The van der Waals surface area contributed by atoms with Crippen molar-refractivity contribution in [2.45, 2.75) is 0 Å². The molecule has 0 radical (unpaired) electrons. The van der Waals surface area contributed by atoms with E-state index in [2.05, 4.69) is 0 Å². The lowest BCUT2D eigenvalue weighted by atomic mass is 10.2. The molecule has 0 fully saturated rings. The fourth-order valence-corrected chi connectivity index (χ4v) is 1.78. The molecule has 10 heteroatoms. The molecule has 2 aromatic carbocycles. The Kier molecular flexibility index (Phi) is 6.63. The second kappa shape index (κ2) is 8.44. The van der Waals surface area contributed by atoms with Gasteiger partial charge in [-0.1, -0.05) is 23.7 Å². The van der Waals surface area contributed by atoms with E-state index in [0.717, 1.165) is 6.07 Å². The van der Waals surface area contributed by atoms with Gasteiger partial charge in [0.1, 0.15) is 5.02 Å². The van der Waals surface area contributed by atoms with E-state index in [4.69, 9.17) is 11.6 Å². The zero-order valence-electron chi connectivity index (χ0n) is 11.7. The Labute approximate surface area is 138 Å². The first kappa shape index (κ1) is 18.8. The average molecular weight is 355 g/mol. The van der Waals surface area contributed by atoms with Gasteiger partial charge in [-0.2, -0.15) is 4.39 Å². The topological polar surface area (TPSA) is 120 Å². The lowest BCUT2D eigenvalue weighted by Gasteiger charge is -1.95. The van der Waals surface area contributed by atoms with Crippen LogP contribution in [0.15, 0.2) is 36.4 Å². The van der Waals surface area contributed by atoms with E-state index in [0.29, 0.717) is 6.29 Å². The summed E-state index contributed by atoms with van der Waals surface area (Å²) in [7, 11) is 0. The van der Waals surface area contributed by atoms with Gasteiger partial charge in [0.2, 0.25) is 5.82 Å². The van der Waals surface area contributed by atoms with Gasteiger partial charge in [0, 0.05) is 17.7 Å². The summed E-state index contributed by atoms with van der Waals surface area (Å²) in [6.07, 6.45) is 0.720. The predicted octanol–water partition coefficient (Wildman–Crippen LogP) is 3.61. The number of aldehydes is 2. The molecule has 0 saturated carbocycles. The molecular weight excluding hydrogens is 347 g/mol. The van der Waals surface area contributed by atoms with E-state index < -0.39 is 21.4 Å². The number of halogens is 2. The van der Waals surface area contributed by atoms with Crippen molar-refractivity contribution >= 4 is 35.5 Å². The highest BCUT2D eigenvalue weighted by Gasteiger charge is 2.16. The van der Waals surface area contributed by atoms with Crippen LogP contribution >= 0.6 is 11.6 Å². The third-order valence-electron chi connectivity index (χ3n) is 2.66. The molecule has 0 aromatic heterocycles. The normalized spacial score (nSPS) is 9.42. The summed E-state index contributed by atoms with van der Waals surface area (Å²) >= 11 is 5.53. The summed E-state index contributed by atoms with van der Waals surface area (Å²) < 4.78 is 12.9. The molecule has 0 spiro atoms. The SMILES string of the molecule is O=Cc1cccc([N+](=O)[O-])c1Cl.O=Cc1cccc([N+](=O)[O-])c1F. The van der Waals surface area contributed by atoms with Crippen LogP contribution < -0.4 is 0 Å². The van der Waals surface area contributed by atoms with Crippen LogP contribution in [0.3, 0.4) is 0 Å². The van der Waals surface area contributed by atoms with E-state index in [1.807, 2.05) is 0 Å². The Morgan fingerprint density at radius 1 is 0.875 bits per heavy atom. The first-order valence-corrected chi connectivity index (χ1v) is 6.47. The molecule has 24 heavy (non-hydrogen) atoms. The first-order chi connectivity index (χ1) is 11.3. The number of nitrogens with zero attached hydrogens (tertiary/aromatic N) is 2. The highest BCUT2D eigenvalue weighted by Crippen LogP contribution is 2.26. The highest BCUT2D eigenvalue weighted by atomic mass is 35.5. The Morgan fingerprint density at radius 2 is 1.33 bits per heavy atom. The molecule has 2 rings (SSSR count). The minimum Gasteiger partial charge on any atom is -0.298 e. The molecule has 0 aliphatic rings. The van der Waals surface area contributed by atoms with Gasteiger partial charge in [-0.05, 0) is 12.1 Å². The van der Waals surface area contributed by atoms with Crippen molar-refractivity contribution in [2.24, 2.45) is 0 Å². The van der Waals surface area contributed by atoms with Crippen molar-refractivity contribution in [3.05, 3.63) is 78.6 Å². The molecule has 8 nitrogen and oxygen atoms in total. The lowest BCUT2D eigenvalue weighted by molar-refractivity contribution is -0.387. The largest absolute Gasteiger partial charge is 0.305 e. The van der Waals surface area contributed by atoms with Crippen LogP contribution in [0.2, 0.25) is 5.02 Å². The molecule has 0 heterocycles. The molecule has 124 valence electrons. The van der Waals surface area contributed by atoms with E-state index in [9.17, 15) is 34.2 Å². The number of nitro groups is 2. The van der Waals surface area contributed by atoms with E-state index in [1.54, 1.807) is 0 Å². The van der Waals surface area contributed by atoms with E-state index in [1.165, 1.54) is 30.3 Å². The average Bonchev–Trinajstić information content (AvgIpc) is 2.55. The Balaban J connectivity index is 0.000000240. The molecular formula is C14H8ClFN2O6. The summed E-state index contributed by atoms with van der Waals surface area (Å²) in [6.45, 7) is 0. The molecule has 0 aliphatic heterocycles. The second-order valence-electron chi connectivity index (χ2n) is 4.11. The minimum absolute atomic E-state index is 0.113. The van der Waals surface area contributed by atoms with Crippen LogP contribution in [0.1, 0.15) is 20.7 Å². The van der Waals surface area contributed by atoms with Crippen LogP contribution in [0.25, 0.3) is 0 Å². The van der Waals surface area contributed by atoms with Crippen LogP contribution in [0.4, 0.5) is 15.8 Å². The van der Waals surface area contributed by atoms with Gasteiger partial charge in [-0.15, -0.1) is 0 Å². The smallest absolute Gasteiger partial charge is 0.298 e. The van der Waals surface area contributed by atoms with Gasteiger partial charge in [-0.25, -0.2) is 0 Å².